The molecular weight excluding hydrogens is 1310 g/mol. The summed E-state index contributed by atoms with van der Waals surface area (Å²) in [6, 6.07) is 0. The van der Waals surface area contributed by atoms with Crippen LogP contribution in [0.2, 0.25) is 0 Å². The summed E-state index contributed by atoms with van der Waals surface area (Å²) < 4.78 is 83.2. The zero-order valence-electron chi connectivity index (χ0n) is 54.4. The molecule has 4 fully saturated rings. The van der Waals surface area contributed by atoms with Crippen LogP contribution in [-0.4, -0.2) is 296 Å². The van der Waals surface area contributed by atoms with E-state index in [0.717, 1.165) is 7.11 Å². The third-order valence-corrected chi connectivity index (χ3v) is 16.6. The van der Waals surface area contributed by atoms with Gasteiger partial charge in [-0.3, -0.25) is 47.4 Å². The molecule has 0 spiro atoms. The maximum absolute atomic E-state index is 13.2. The van der Waals surface area contributed by atoms with E-state index in [1.807, 2.05) is 0 Å². The number of rotatable bonds is 45. The molecule has 4 saturated heterocycles. The number of phosphoric acid groups is 1. The normalized spacial score (nSPS) is 31.3. The van der Waals surface area contributed by atoms with Gasteiger partial charge in [-0.15, -0.1) is 0 Å². The Morgan fingerprint density at radius 2 is 0.760 bits per heavy atom. The van der Waals surface area contributed by atoms with Crippen LogP contribution in [0.3, 0.4) is 0 Å². The highest BCUT2D eigenvalue weighted by Gasteiger charge is 2.48. The summed E-state index contributed by atoms with van der Waals surface area (Å²) in [6.45, 7) is 3.55. The molecule has 39 heteroatoms. The summed E-state index contributed by atoms with van der Waals surface area (Å²) in [5.41, 5.74) is 0. The maximum Gasteiger partial charge on any atom is 0.471 e. The molecule has 0 aliphatic carbocycles. The molecule has 0 radical (unpaired) electrons. The highest BCUT2D eigenvalue weighted by Crippen LogP contribution is 2.42. The summed E-state index contributed by atoms with van der Waals surface area (Å²) in [4.78, 5) is 112. The van der Waals surface area contributed by atoms with Gasteiger partial charge in [0.05, 0.1) is 63.9 Å². The van der Waals surface area contributed by atoms with Crippen molar-refractivity contribution in [2.24, 2.45) is 23.7 Å². The standard InChI is InChI=1S/C57H99N6O32P/c1-30-42(72)45(75)50(78)92-53(30)88-27-35(65)11-9-16-58-36(66)13-23-85-49-48(84-22-12-34(64)10-8-17-60-40(70)28-89-54-31(2)43(73)46(76)51(79)93-54)33(4)56(87-25-20-63-39(69)26-38(68)59-15-6-7-21-91-96(81,82)83-5)95-57(49)86-24-14-37(67)61-18-19-62-41(71)29-90-55-32(3)44(74)47(77)52(80)94-55/h30-33,42-57,72-80H,6-29H2,1-5H3,(H,58,66)(H,59,68)(H,60,70)(H,61,67)(H,62,71)(H,63,69)(H,81,82)/t30-,31-,32-,33-,42+,43+,44+,45?,46?,47?,48+,49?,50?,51?,52?,53?,54?,55?,56?,57?/m0/s1. The van der Waals surface area contributed by atoms with Crippen LogP contribution in [0.1, 0.15) is 91.9 Å². The Bertz CT molecular complexity index is 2450. The lowest BCUT2D eigenvalue weighted by Gasteiger charge is -2.44. The Hall–Kier alpha value is -4.53. The van der Waals surface area contributed by atoms with Crippen LogP contribution < -0.4 is 31.9 Å². The molecule has 4 aliphatic heterocycles. The third-order valence-electron chi connectivity index (χ3n) is 15.7. The number of amides is 6. The number of ether oxygens (including phenoxy) is 11. The fourth-order valence-corrected chi connectivity index (χ4v) is 10.3. The number of hydrogen-bond acceptors (Lipinski definition) is 31. The number of unbranched alkanes of at least 4 members (excludes halogenated alkanes) is 1. The number of aliphatic hydroxyl groups excluding tert-OH is 9. The second-order valence-corrected chi connectivity index (χ2v) is 24.8. The van der Waals surface area contributed by atoms with Crippen molar-refractivity contribution in [3.05, 3.63) is 0 Å². The molecule has 4 heterocycles. The highest BCUT2D eigenvalue weighted by molar-refractivity contribution is 7.47. The van der Waals surface area contributed by atoms with E-state index < -0.39 is 192 Å². The van der Waals surface area contributed by atoms with Crippen molar-refractivity contribution in [3.8, 4) is 0 Å². The lowest BCUT2D eigenvalue weighted by atomic mass is 9.95. The van der Waals surface area contributed by atoms with E-state index in [2.05, 4.69) is 36.4 Å². The molecule has 0 aromatic rings. The van der Waals surface area contributed by atoms with Gasteiger partial charge in [0.1, 0.15) is 56.4 Å². The number of ketones is 2. The van der Waals surface area contributed by atoms with E-state index in [-0.39, 0.29) is 129 Å². The van der Waals surface area contributed by atoms with Crippen molar-refractivity contribution < 1.29 is 155 Å². The first-order valence-electron chi connectivity index (χ1n) is 31.8. The van der Waals surface area contributed by atoms with Crippen molar-refractivity contribution in [1.82, 2.24) is 31.9 Å². The monoisotopic (exact) mass is 1410 g/mol. The first kappa shape index (κ1) is 83.9. The largest absolute Gasteiger partial charge is 0.471 e. The molecule has 0 bridgehead atoms. The van der Waals surface area contributed by atoms with Gasteiger partial charge in [-0.05, 0) is 25.7 Å². The van der Waals surface area contributed by atoms with Crippen LogP contribution in [-0.2, 0) is 104 Å². The number of phosphoric ester groups is 1. The second kappa shape index (κ2) is 43.9. The Morgan fingerprint density at radius 1 is 0.365 bits per heavy atom. The zero-order valence-corrected chi connectivity index (χ0v) is 55.3. The van der Waals surface area contributed by atoms with E-state index in [9.17, 15) is 93.8 Å². The smallest absolute Gasteiger partial charge is 0.390 e. The molecule has 13 unspecified atom stereocenters. The molecule has 6 amide bonds. The van der Waals surface area contributed by atoms with Crippen molar-refractivity contribution in [3.63, 3.8) is 0 Å². The SMILES string of the molecule is COP(=O)(O)OCCCCNC(=O)CC(=O)NCCOC1OC(OCCC(=O)NCCNC(=O)COC2OC(O)C(O)[C@H](O)[C@@H]2C)C(OCCC(=O)NCCCC(=O)COC2OC(O)C(O)[C@H](O)[C@@H]2C)[C@H](OCCC(=O)CCCNC(=O)COC2OC(O)C(O)[C@H](O)[C@@H]2C)[C@@H]1C. The lowest BCUT2D eigenvalue weighted by molar-refractivity contribution is -0.347. The van der Waals surface area contributed by atoms with Gasteiger partial charge in [0.15, 0.2) is 56.1 Å². The molecule has 4 aliphatic rings. The molecule has 0 aromatic carbocycles. The van der Waals surface area contributed by atoms with Crippen LogP contribution in [0.4, 0.5) is 0 Å². The average molecular weight is 1410 g/mol. The number of Topliss-reactive ketones (excluding diaryl/α,β-unsaturated/α-hetero) is 2. The predicted octanol–water partition coefficient (Wildman–Crippen LogP) is -6.24. The zero-order chi connectivity index (χ0) is 71.1. The topological polar surface area (TPSA) is 548 Å². The van der Waals surface area contributed by atoms with E-state index >= 15 is 0 Å². The summed E-state index contributed by atoms with van der Waals surface area (Å²) >= 11 is 0. The second-order valence-electron chi connectivity index (χ2n) is 23.3. The van der Waals surface area contributed by atoms with Gasteiger partial charge in [-0.1, -0.05) is 27.7 Å². The van der Waals surface area contributed by atoms with Gasteiger partial charge in [0, 0.05) is 95.7 Å². The van der Waals surface area contributed by atoms with E-state index in [1.54, 1.807) is 6.92 Å². The molecular formula is C57H99N6O32P. The minimum absolute atomic E-state index is 0.00560. The summed E-state index contributed by atoms with van der Waals surface area (Å²) in [6.07, 6.45) is -22.6. The van der Waals surface area contributed by atoms with Crippen molar-refractivity contribution in [2.45, 2.75) is 191 Å². The van der Waals surface area contributed by atoms with Crippen LogP contribution >= 0.6 is 7.82 Å². The van der Waals surface area contributed by atoms with Crippen molar-refractivity contribution in [1.29, 1.82) is 0 Å². The molecule has 0 saturated carbocycles. The van der Waals surface area contributed by atoms with Crippen LogP contribution in [0.15, 0.2) is 0 Å². The van der Waals surface area contributed by atoms with E-state index in [4.69, 9.17) is 56.6 Å². The summed E-state index contributed by atoms with van der Waals surface area (Å²) in [5, 5.41) is 105. The predicted molar refractivity (Wildman–Crippen MR) is 320 cm³/mol. The molecule has 38 nitrogen and oxygen atoms in total. The number of carbonyl (C=O) groups excluding carboxylic acids is 8. The Labute approximate surface area is 554 Å². The highest BCUT2D eigenvalue weighted by atomic mass is 31.2. The van der Waals surface area contributed by atoms with Gasteiger partial charge in [-0.25, -0.2) is 4.57 Å². The van der Waals surface area contributed by atoms with Crippen LogP contribution in [0.5, 0.6) is 0 Å². The third kappa shape index (κ3) is 29.7. The Kier molecular flexibility index (Phi) is 38.3. The first-order valence-corrected chi connectivity index (χ1v) is 33.3. The molecule has 0 aromatic heterocycles. The van der Waals surface area contributed by atoms with E-state index in [1.165, 1.54) is 20.8 Å². The molecule has 21 atom stereocenters. The molecule has 16 N–H and O–H groups in total. The number of carbonyl (C=O) groups is 8. The molecule has 96 heavy (non-hydrogen) atoms. The minimum atomic E-state index is -4.15. The van der Waals surface area contributed by atoms with Crippen LogP contribution in [0.25, 0.3) is 0 Å². The molecule has 554 valence electrons. The maximum atomic E-state index is 13.2. The van der Waals surface area contributed by atoms with Gasteiger partial charge < -0.3 is 135 Å². The Balaban J connectivity index is 1.37. The van der Waals surface area contributed by atoms with E-state index in [0.29, 0.717) is 12.8 Å². The average Bonchev–Trinajstić information content (AvgIpc) is 0.823. The van der Waals surface area contributed by atoms with Gasteiger partial charge in [0.2, 0.25) is 35.4 Å². The van der Waals surface area contributed by atoms with Gasteiger partial charge in [-0.2, -0.15) is 0 Å². The number of nitrogens with one attached hydrogen (secondary N) is 6. The van der Waals surface area contributed by atoms with Crippen molar-refractivity contribution in [2.75, 3.05) is 99.2 Å². The fraction of sp³-hybridized carbons (Fsp3) is 0.860. The fourth-order valence-electron chi connectivity index (χ4n) is 9.79. The quantitative estimate of drug-likeness (QED) is 0.0153. The Morgan fingerprint density at radius 3 is 1.28 bits per heavy atom. The number of hydrogen-bond donors (Lipinski definition) is 16. The summed E-state index contributed by atoms with van der Waals surface area (Å²) in [5.74, 6) is -7.26. The van der Waals surface area contributed by atoms with Gasteiger partial charge >= 0.3 is 7.82 Å². The molecule has 4 rings (SSSR count). The van der Waals surface area contributed by atoms with Crippen LogP contribution in [0, 0.1) is 23.7 Å². The van der Waals surface area contributed by atoms with Crippen molar-refractivity contribution >= 4 is 54.8 Å². The number of aliphatic hydroxyl groups is 9. The first-order chi connectivity index (χ1) is 45.5. The summed E-state index contributed by atoms with van der Waals surface area (Å²) in [7, 11) is -3.13. The lowest BCUT2D eigenvalue weighted by Crippen LogP contribution is -2.57. The van der Waals surface area contributed by atoms with Gasteiger partial charge in [0.25, 0.3) is 0 Å². The minimum Gasteiger partial charge on any atom is -0.390 e.